The summed E-state index contributed by atoms with van der Waals surface area (Å²) in [4.78, 5) is 0. The first-order chi connectivity index (χ1) is 8.83. The first-order valence-corrected chi connectivity index (χ1v) is 7.97. The van der Waals surface area contributed by atoms with Crippen LogP contribution in [0.5, 0.6) is 5.75 Å². The molecule has 0 aliphatic rings. The van der Waals surface area contributed by atoms with Crippen molar-refractivity contribution in [3.05, 3.63) is 24.3 Å². The molecule has 0 fully saturated rings. The summed E-state index contributed by atoms with van der Waals surface area (Å²) in [5.74, 6) is 0.842. The van der Waals surface area contributed by atoms with Gasteiger partial charge in [-0.05, 0) is 41.5 Å². The highest BCUT2D eigenvalue weighted by Crippen LogP contribution is 2.12. The van der Waals surface area contributed by atoms with Crippen LogP contribution < -0.4 is 10.5 Å². The van der Waals surface area contributed by atoms with Gasteiger partial charge in [0, 0.05) is 12.3 Å². The van der Waals surface area contributed by atoms with Gasteiger partial charge in [-0.25, -0.2) is 0 Å². The van der Waals surface area contributed by atoms with Gasteiger partial charge < -0.3 is 15.2 Å². The predicted octanol–water partition coefficient (Wildman–Crippen LogP) is 3.66. The summed E-state index contributed by atoms with van der Waals surface area (Å²) >= 11 is 2.42. The topological polar surface area (TPSA) is 44.5 Å². The summed E-state index contributed by atoms with van der Waals surface area (Å²) < 4.78 is 12.3. The molecule has 0 atom stereocenters. The van der Waals surface area contributed by atoms with Gasteiger partial charge in [-0.15, -0.1) is 0 Å². The zero-order valence-corrected chi connectivity index (χ0v) is 12.9. The Balaban J connectivity index is 1.91. The number of rotatable bonds is 10. The van der Waals surface area contributed by atoms with Crippen molar-refractivity contribution in [3.63, 3.8) is 0 Å². The molecule has 0 aromatic heterocycles. The SMILES string of the molecule is Nc1ccc(OCCOCCCCCCI)cc1. The van der Waals surface area contributed by atoms with Crippen molar-refractivity contribution in [2.45, 2.75) is 25.7 Å². The standard InChI is InChI=1S/C14H22INO2/c15-9-3-1-2-4-10-17-11-12-18-14-7-5-13(16)6-8-14/h5-8H,1-4,9-12,16H2. The molecule has 0 spiro atoms. The maximum Gasteiger partial charge on any atom is 0.119 e. The molecule has 0 saturated carbocycles. The summed E-state index contributed by atoms with van der Waals surface area (Å²) in [5, 5.41) is 0. The highest BCUT2D eigenvalue weighted by atomic mass is 127. The van der Waals surface area contributed by atoms with E-state index in [1.54, 1.807) is 0 Å². The van der Waals surface area contributed by atoms with Crippen molar-refractivity contribution < 1.29 is 9.47 Å². The molecule has 18 heavy (non-hydrogen) atoms. The van der Waals surface area contributed by atoms with E-state index in [1.807, 2.05) is 24.3 Å². The quantitative estimate of drug-likeness (QED) is 0.299. The van der Waals surface area contributed by atoms with Gasteiger partial charge in [0.2, 0.25) is 0 Å². The first-order valence-electron chi connectivity index (χ1n) is 6.45. The fourth-order valence-electron chi connectivity index (χ4n) is 1.54. The van der Waals surface area contributed by atoms with E-state index in [0.29, 0.717) is 13.2 Å². The maximum absolute atomic E-state index is 5.59. The van der Waals surface area contributed by atoms with Gasteiger partial charge in [-0.1, -0.05) is 35.4 Å². The second-order valence-corrected chi connectivity index (χ2v) is 5.21. The van der Waals surface area contributed by atoms with Gasteiger partial charge in [0.1, 0.15) is 12.4 Å². The molecule has 0 saturated heterocycles. The Morgan fingerprint density at radius 2 is 1.61 bits per heavy atom. The molecule has 0 bridgehead atoms. The summed E-state index contributed by atoms with van der Waals surface area (Å²) in [6.07, 6.45) is 5.05. The molecular formula is C14H22INO2. The summed E-state index contributed by atoms with van der Waals surface area (Å²) in [5.41, 5.74) is 6.35. The molecule has 0 aliphatic carbocycles. The largest absolute Gasteiger partial charge is 0.491 e. The minimum absolute atomic E-state index is 0.595. The van der Waals surface area contributed by atoms with Crippen LogP contribution in [0.2, 0.25) is 0 Å². The van der Waals surface area contributed by atoms with Crippen LogP contribution in [0.4, 0.5) is 5.69 Å². The Morgan fingerprint density at radius 3 is 2.33 bits per heavy atom. The Bertz CT molecular complexity index is 303. The molecule has 3 nitrogen and oxygen atoms in total. The van der Waals surface area contributed by atoms with Gasteiger partial charge in [-0.3, -0.25) is 0 Å². The summed E-state index contributed by atoms with van der Waals surface area (Å²) in [7, 11) is 0. The molecule has 0 aliphatic heterocycles. The molecule has 4 heteroatoms. The van der Waals surface area contributed by atoms with Gasteiger partial charge in [0.05, 0.1) is 6.61 Å². The smallest absolute Gasteiger partial charge is 0.119 e. The number of benzene rings is 1. The minimum Gasteiger partial charge on any atom is -0.491 e. The van der Waals surface area contributed by atoms with E-state index in [9.17, 15) is 0 Å². The van der Waals surface area contributed by atoms with E-state index >= 15 is 0 Å². The number of unbranched alkanes of at least 4 members (excludes halogenated alkanes) is 3. The number of hydrogen-bond donors (Lipinski definition) is 1. The molecule has 0 heterocycles. The van der Waals surface area contributed by atoms with E-state index in [1.165, 1.54) is 23.7 Å². The zero-order chi connectivity index (χ0) is 13.1. The second kappa shape index (κ2) is 10.4. The Morgan fingerprint density at radius 1 is 0.889 bits per heavy atom. The third-order valence-corrected chi connectivity index (χ3v) is 3.31. The van der Waals surface area contributed by atoms with Gasteiger partial charge in [-0.2, -0.15) is 0 Å². The third-order valence-electron chi connectivity index (χ3n) is 2.55. The van der Waals surface area contributed by atoms with Gasteiger partial charge in [0.15, 0.2) is 0 Å². The molecular weight excluding hydrogens is 341 g/mol. The second-order valence-electron chi connectivity index (χ2n) is 4.13. The highest BCUT2D eigenvalue weighted by molar-refractivity contribution is 14.1. The fraction of sp³-hybridized carbons (Fsp3) is 0.571. The van der Waals surface area contributed by atoms with Crippen LogP contribution >= 0.6 is 22.6 Å². The number of halogens is 1. The van der Waals surface area contributed by atoms with Crippen molar-refractivity contribution in [2.75, 3.05) is 30.0 Å². The lowest BCUT2D eigenvalue weighted by atomic mass is 10.2. The molecule has 1 rings (SSSR count). The van der Waals surface area contributed by atoms with Crippen molar-refractivity contribution in [1.29, 1.82) is 0 Å². The average molecular weight is 363 g/mol. The summed E-state index contributed by atoms with van der Waals surface area (Å²) in [6, 6.07) is 7.42. The third kappa shape index (κ3) is 7.76. The van der Waals surface area contributed by atoms with Crippen molar-refractivity contribution in [2.24, 2.45) is 0 Å². The van der Waals surface area contributed by atoms with E-state index in [0.717, 1.165) is 24.5 Å². The number of anilines is 1. The number of nitrogens with two attached hydrogens (primary N) is 1. The van der Waals surface area contributed by atoms with E-state index < -0.39 is 0 Å². The Kier molecular flexibility index (Phi) is 9.02. The summed E-state index contributed by atoms with van der Waals surface area (Å²) in [6.45, 7) is 2.08. The van der Waals surface area contributed by atoms with E-state index in [4.69, 9.17) is 15.2 Å². The van der Waals surface area contributed by atoms with Crippen LogP contribution in [0.25, 0.3) is 0 Å². The Labute approximate surface area is 123 Å². The zero-order valence-electron chi connectivity index (χ0n) is 10.7. The lowest BCUT2D eigenvalue weighted by molar-refractivity contribution is 0.0972. The number of alkyl halides is 1. The number of ether oxygens (including phenoxy) is 2. The predicted molar refractivity (Wildman–Crippen MR) is 84.5 cm³/mol. The molecule has 2 N–H and O–H groups in total. The number of nitrogen functional groups attached to an aromatic ring is 1. The van der Waals surface area contributed by atoms with Crippen LogP contribution in [0.3, 0.4) is 0 Å². The average Bonchev–Trinajstić information content (AvgIpc) is 2.39. The molecule has 1 aromatic carbocycles. The van der Waals surface area contributed by atoms with E-state index in [2.05, 4.69) is 22.6 Å². The van der Waals surface area contributed by atoms with Crippen LogP contribution in [0.1, 0.15) is 25.7 Å². The minimum atomic E-state index is 0.595. The Hall–Kier alpha value is -0.490. The van der Waals surface area contributed by atoms with Crippen LogP contribution in [-0.2, 0) is 4.74 Å². The lowest BCUT2D eigenvalue weighted by Crippen LogP contribution is -2.07. The molecule has 102 valence electrons. The highest BCUT2D eigenvalue weighted by Gasteiger charge is 1.94. The molecule has 0 amide bonds. The first kappa shape index (κ1) is 15.6. The lowest BCUT2D eigenvalue weighted by Gasteiger charge is -2.07. The van der Waals surface area contributed by atoms with Gasteiger partial charge in [0.25, 0.3) is 0 Å². The van der Waals surface area contributed by atoms with Crippen LogP contribution in [0, 0.1) is 0 Å². The van der Waals surface area contributed by atoms with Crippen molar-refractivity contribution >= 4 is 28.3 Å². The molecule has 0 unspecified atom stereocenters. The molecule has 1 aromatic rings. The fourth-order valence-corrected chi connectivity index (χ4v) is 2.08. The van der Waals surface area contributed by atoms with Crippen molar-refractivity contribution in [1.82, 2.24) is 0 Å². The van der Waals surface area contributed by atoms with Crippen LogP contribution in [-0.4, -0.2) is 24.2 Å². The molecule has 0 radical (unpaired) electrons. The number of hydrogen-bond acceptors (Lipinski definition) is 3. The van der Waals surface area contributed by atoms with Gasteiger partial charge >= 0.3 is 0 Å². The van der Waals surface area contributed by atoms with Crippen molar-refractivity contribution in [3.8, 4) is 5.75 Å². The maximum atomic E-state index is 5.59. The monoisotopic (exact) mass is 363 g/mol. The van der Waals surface area contributed by atoms with E-state index in [-0.39, 0.29) is 0 Å². The van der Waals surface area contributed by atoms with Crippen LogP contribution in [0.15, 0.2) is 24.3 Å². The normalized spacial score (nSPS) is 10.5.